The lowest BCUT2D eigenvalue weighted by molar-refractivity contribution is -0.862. The van der Waals surface area contributed by atoms with Gasteiger partial charge in [-0.15, -0.1) is 0 Å². The molecule has 7 nitrogen and oxygen atoms in total. The average Bonchev–Trinajstić information content (AvgIpc) is 3.39. The van der Waals surface area contributed by atoms with Crippen LogP contribution in [0.1, 0.15) is 37.0 Å². The third-order valence-electron chi connectivity index (χ3n) is 4.31. The Kier molecular flexibility index (Phi) is 7.15. The number of amides is 3. The molecule has 0 spiro atoms. The molecule has 3 N–H and O–H groups in total. The van der Waals surface area contributed by atoms with Gasteiger partial charge in [-0.05, 0) is 44.9 Å². The molecule has 26 heavy (non-hydrogen) atoms. The molecule has 7 heteroatoms. The Morgan fingerprint density at radius 1 is 1.12 bits per heavy atom. The van der Waals surface area contributed by atoms with E-state index in [9.17, 15) is 14.4 Å². The van der Waals surface area contributed by atoms with Gasteiger partial charge in [0.05, 0.1) is 7.05 Å². The molecule has 1 aliphatic rings. The summed E-state index contributed by atoms with van der Waals surface area (Å²) in [6.45, 7) is 5.61. The van der Waals surface area contributed by atoms with Gasteiger partial charge in [-0.2, -0.15) is 0 Å². The first kappa shape index (κ1) is 19.9. The van der Waals surface area contributed by atoms with Gasteiger partial charge in [-0.3, -0.25) is 14.4 Å². The van der Waals surface area contributed by atoms with E-state index in [2.05, 4.69) is 10.6 Å². The van der Waals surface area contributed by atoms with Gasteiger partial charge >= 0.3 is 0 Å². The van der Waals surface area contributed by atoms with E-state index >= 15 is 0 Å². The molecule has 0 aliphatic heterocycles. The van der Waals surface area contributed by atoms with Gasteiger partial charge in [0, 0.05) is 30.4 Å². The van der Waals surface area contributed by atoms with Gasteiger partial charge in [0.15, 0.2) is 13.1 Å². The fraction of sp³-hybridized carbons (Fsp3) is 0.526. The minimum Gasteiger partial charge on any atom is -0.348 e. The Morgan fingerprint density at radius 2 is 1.77 bits per heavy atom. The number of nitrogens with one attached hydrogen (secondary N) is 3. The Labute approximate surface area is 154 Å². The third-order valence-corrected chi connectivity index (χ3v) is 4.31. The molecule has 0 bridgehead atoms. The lowest BCUT2D eigenvalue weighted by atomic mass is 10.1. The maximum Gasteiger partial charge on any atom is 0.279 e. The Bertz CT molecular complexity index is 654. The lowest BCUT2D eigenvalue weighted by Crippen LogP contribution is -3.11. The SMILES string of the molecule is CCN(CC)C(=O)c1cccc(NC(=O)C[NH+](C)CC(=O)NC2CC2)c1. The van der Waals surface area contributed by atoms with Crippen molar-refractivity contribution in [2.45, 2.75) is 32.7 Å². The molecule has 1 atom stereocenters. The number of carbonyl (C=O) groups excluding carboxylic acids is 3. The fourth-order valence-corrected chi connectivity index (χ4v) is 2.75. The van der Waals surface area contributed by atoms with Crippen LogP contribution < -0.4 is 15.5 Å². The zero-order chi connectivity index (χ0) is 19.1. The minimum absolute atomic E-state index is 0.0235. The van der Waals surface area contributed by atoms with Gasteiger partial charge in [0.25, 0.3) is 17.7 Å². The standard InChI is InChI=1S/C19H28N4O3/c1-4-23(5-2)19(26)14-7-6-8-16(11-14)21-18(25)13-22(3)12-17(24)20-15-9-10-15/h6-8,11,15H,4-5,9-10,12-13H2,1-3H3,(H,20,24)(H,21,25)/p+1. The van der Waals surface area contributed by atoms with Crippen molar-refractivity contribution in [3.63, 3.8) is 0 Å². The predicted octanol–water partition coefficient (Wildman–Crippen LogP) is -0.0996. The van der Waals surface area contributed by atoms with E-state index < -0.39 is 0 Å². The van der Waals surface area contributed by atoms with Crippen molar-refractivity contribution in [3.8, 4) is 0 Å². The summed E-state index contributed by atoms with van der Waals surface area (Å²) in [7, 11) is 1.81. The van der Waals surface area contributed by atoms with Crippen LogP contribution in [0.2, 0.25) is 0 Å². The summed E-state index contributed by atoms with van der Waals surface area (Å²) < 4.78 is 0. The molecule has 2 rings (SSSR count). The molecule has 142 valence electrons. The van der Waals surface area contributed by atoms with Crippen molar-refractivity contribution < 1.29 is 19.3 Å². The fourth-order valence-electron chi connectivity index (χ4n) is 2.75. The van der Waals surface area contributed by atoms with Crippen molar-refractivity contribution in [2.75, 3.05) is 38.5 Å². The molecule has 1 saturated carbocycles. The number of quaternary nitrogens is 1. The van der Waals surface area contributed by atoms with E-state index in [0.29, 0.717) is 30.4 Å². The number of benzene rings is 1. The average molecular weight is 361 g/mol. The number of hydrogen-bond acceptors (Lipinski definition) is 3. The maximum absolute atomic E-state index is 12.4. The second-order valence-electron chi connectivity index (χ2n) is 6.76. The Hall–Kier alpha value is -2.41. The first-order chi connectivity index (χ1) is 12.4. The number of hydrogen-bond donors (Lipinski definition) is 3. The molecular weight excluding hydrogens is 332 g/mol. The molecule has 1 aromatic carbocycles. The van der Waals surface area contributed by atoms with E-state index in [1.165, 1.54) is 0 Å². The molecule has 0 saturated heterocycles. The highest BCUT2D eigenvalue weighted by molar-refractivity contribution is 5.97. The minimum atomic E-state index is -0.186. The zero-order valence-corrected chi connectivity index (χ0v) is 15.8. The van der Waals surface area contributed by atoms with Crippen LogP contribution in [0.25, 0.3) is 0 Å². The van der Waals surface area contributed by atoms with Crippen molar-refractivity contribution in [2.24, 2.45) is 0 Å². The van der Waals surface area contributed by atoms with E-state index in [-0.39, 0.29) is 30.8 Å². The first-order valence-corrected chi connectivity index (χ1v) is 9.22. The van der Waals surface area contributed by atoms with Gasteiger partial charge < -0.3 is 20.4 Å². The number of likely N-dealkylation sites (N-methyl/N-ethyl adjacent to an activating group) is 1. The van der Waals surface area contributed by atoms with Crippen molar-refractivity contribution in [3.05, 3.63) is 29.8 Å². The predicted molar refractivity (Wildman–Crippen MR) is 100 cm³/mol. The van der Waals surface area contributed by atoms with E-state index in [0.717, 1.165) is 17.7 Å². The van der Waals surface area contributed by atoms with Crippen LogP contribution in [0.15, 0.2) is 24.3 Å². The van der Waals surface area contributed by atoms with Gasteiger partial charge in [-0.25, -0.2) is 0 Å². The highest BCUT2D eigenvalue weighted by atomic mass is 16.2. The monoisotopic (exact) mass is 361 g/mol. The second kappa shape index (κ2) is 9.33. The molecule has 3 amide bonds. The summed E-state index contributed by atoms with van der Waals surface area (Å²) in [5.41, 5.74) is 1.14. The molecule has 1 aliphatic carbocycles. The summed E-state index contributed by atoms with van der Waals surface area (Å²) in [6, 6.07) is 7.27. The van der Waals surface area contributed by atoms with Crippen LogP contribution in [0.5, 0.6) is 0 Å². The molecule has 1 fully saturated rings. The number of rotatable bonds is 9. The van der Waals surface area contributed by atoms with Gasteiger partial charge in [-0.1, -0.05) is 6.07 Å². The van der Waals surface area contributed by atoms with Gasteiger partial charge in [0.2, 0.25) is 0 Å². The van der Waals surface area contributed by atoms with E-state index in [4.69, 9.17) is 0 Å². The van der Waals surface area contributed by atoms with E-state index in [1.54, 1.807) is 29.2 Å². The van der Waals surface area contributed by atoms with Crippen molar-refractivity contribution >= 4 is 23.4 Å². The smallest absolute Gasteiger partial charge is 0.279 e. The summed E-state index contributed by atoms with van der Waals surface area (Å²) in [4.78, 5) is 38.9. The van der Waals surface area contributed by atoms with Crippen LogP contribution in [0.3, 0.4) is 0 Å². The second-order valence-corrected chi connectivity index (χ2v) is 6.76. The Balaban J connectivity index is 1.86. The van der Waals surface area contributed by atoms with Crippen molar-refractivity contribution in [1.82, 2.24) is 10.2 Å². The summed E-state index contributed by atoms with van der Waals surface area (Å²) in [5.74, 6) is -0.260. The van der Waals surface area contributed by atoms with Crippen molar-refractivity contribution in [1.29, 1.82) is 0 Å². The quantitative estimate of drug-likeness (QED) is 0.574. The number of nitrogens with zero attached hydrogens (tertiary/aromatic N) is 1. The van der Waals surface area contributed by atoms with Crippen LogP contribution in [-0.4, -0.2) is 61.9 Å². The summed E-state index contributed by atoms with van der Waals surface area (Å²) in [5, 5.41) is 5.72. The third kappa shape index (κ3) is 6.15. The Morgan fingerprint density at radius 3 is 2.38 bits per heavy atom. The zero-order valence-electron chi connectivity index (χ0n) is 15.8. The van der Waals surface area contributed by atoms with Crippen LogP contribution in [0, 0.1) is 0 Å². The number of anilines is 1. The molecular formula is C19H29N4O3+. The molecule has 0 heterocycles. The summed E-state index contributed by atoms with van der Waals surface area (Å²) in [6.07, 6.45) is 2.10. The van der Waals surface area contributed by atoms with Gasteiger partial charge in [0.1, 0.15) is 0 Å². The number of carbonyl (C=O) groups is 3. The highest BCUT2D eigenvalue weighted by Gasteiger charge is 2.25. The largest absolute Gasteiger partial charge is 0.348 e. The van der Waals surface area contributed by atoms with Crippen LogP contribution in [-0.2, 0) is 9.59 Å². The molecule has 1 aromatic rings. The first-order valence-electron chi connectivity index (χ1n) is 9.22. The lowest BCUT2D eigenvalue weighted by Gasteiger charge is -2.19. The normalized spacial score (nSPS) is 14.4. The van der Waals surface area contributed by atoms with Crippen LogP contribution in [0.4, 0.5) is 5.69 Å². The maximum atomic E-state index is 12.4. The molecule has 0 radical (unpaired) electrons. The van der Waals surface area contributed by atoms with E-state index in [1.807, 2.05) is 20.9 Å². The summed E-state index contributed by atoms with van der Waals surface area (Å²) >= 11 is 0. The topological polar surface area (TPSA) is 83.0 Å². The highest BCUT2D eigenvalue weighted by Crippen LogP contribution is 2.18. The molecule has 1 unspecified atom stereocenters. The molecule has 0 aromatic heterocycles. The van der Waals surface area contributed by atoms with Crippen LogP contribution >= 0.6 is 0 Å².